The summed E-state index contributed by atoms with van der Waals surface area (Å²) in [5.41, 5.74) is 1.91. The van der Waals surface area contributed by atoms with Gasteiger partial charge in [0.05, 0.1) is 23.8 Å². The van der Waals surface area contributed by atoms with Crippen LogP contribution in [0.3, 0.4) is 0 Å². The van der Waals surface area contributed by atoms with Crippen molar-refractivity contribution in [3.8, 4) is 6.07 Å². The average Bonchev–Trinajstić information content (AvgIpc) is 2.82. The number of carbonyl (C=O) groups excluding carboxylic acids is 2. The molecular weight excluding hydrogens is 444 g/mol. The predicted octanol–water partition coefficient (Wildman–Crippen LogP) is 5.16. The van der Waals surface area contributed by atoms with Gasteiger partial charge in [0.1, 0.15) is 5.92 Å². The van der Waals surface area contributed by atoms with Crippen LogP contribution in [-0.4, -0.2) is 19.0 Å². The number of carbonyl (C=O) groups is 2. The first-order valence-electron chi connectivity index (χ1n) is 9.92. The van der Waals surface area contributed by atoms with E-state index < -0.39 is 23.7 Å². The molecular formula is C25H19ClN2O3S. The van der Waals surface area contributed by atoms with E-state index in [0.29, 0.717) is 26.9 Å². The minimum atomic E-state index is -1.20. The monoisotopic (exact) mass is 462 g/mol. The fraction of sp³-hybridized carbons (Fsp3) is 0.160. The van der Waals surface area contributed by atoms with Crippen LogP contribution in [0.4, 0.5) is 0 Å². The number of hydrogen-bond donors (Lipinski definition) is 1. The van der Waals surface area contributed by atoms with Crippen LogP contribution >= 0.6 is 23.4 Å². The molecule has 0 radical (unpaired) electrons. The Hall–Kier alpha value is -3.27. The van der Waals surface area contributed by atoms with Gasteiger partial charge in [-0.05, 0) is 28.0 Å². The van der Waals surface area contributed by atoms with E-state index in [9.17, 15) is 14.9 Å². The molecule has 1 amide bonds. The van der Waals surface area contributed by atoms with Crippen molar-refractivity contribution in [1.29, 1.82) is 5.26 Å². The molecule has 1 N–H and O–H groups in total. The molecule has 3 aromatic carbocycles. The van der Waals surface area contributed by atoms with E-state index in [4.69, 9.17) is 16.3 Å². The number of amides is 1. The van der Waals surface area contributed by atoms with Gasteiger partial charge >= 0.3 is 5.97 Å². The fourth-order valence-electron chi connectivity index (χ4n) is 3.95. The van der Waals surface area contributed by atoms with E-state index in [2.05, 4.69) is 11.4 Å². The Bertz CT molecular complexity index is 1280. The Labute approximate surface area is 195 Å². The molecule has 7 heteroatoms. The average molecular weight is 463 g/mol. The number of fused-ring (bicyclic) bond motifs is 1. The number of ether oxygens (including phenoxy) is 1. The molecule has 0 fully saturated rings. The Balaban J connectivity index is 1.76. The summed E-state index contributed by atoms with van der Waals surface area (Å²) in [5.74, 6) is -2.71. The molecule has 0 bridgehead atoms. The zero-order valence-corrected chi connectivity index (χ0v) is 18.7. The molecule has 1 aliphatic heterocycles. The number of methoxy groups -OCH3 is 1. The maximum absolute atomic E-state index is 13.0. The molecule has 0 spiro atoms. The molecule has 1 heterocycles. The minimum Gasteiger partial charge on any atom is -0.468 e. The minimum absolute atomic E-state index is 0.290. The van der Waals surface area contributed by atoms with Crippen LogP contribution in [0.15, 0.2) is 77.3 Å². The summed E-state index contributed by atoms with van der Waals surface area (Å²) < 4.78 is 4.88. The third kappa shape index (κ3) is 4.10. The summed E-state index contributed by atoms with van der Waals surface area (Å²) in [6.45, 7) is 0. The Morgan fingerprint density at radius 1 is 1.12 bits per heavy atom. The molecule has 0 unspecified atom stereocenters. The third-order valence-electron chi connectivity index (χ3n) is 5.48. The van der Waals surface area contributed by atoms with Gasteiger partial charge in [0.15, 0.2) is 0 Å². The highest BCUT2D eigenvalue weighted by molar-refractivity contribution is 8.02. The number of thioether (sulfide) groups is 1. The lowest BCUT2D eigenvalue weighted by molar-refractivity contribution is -0.150. The van der Waals surface area contributed by atoms with E-state index >= 15 is 0 Å². The van der Waals surface area contributed by atoms with Crippen molar-refractivity contribution in [2.75, 3.05) is 7.11 Å². The standard InChI is InChI=1S/C25H19ClN2O3S/c1-31-25(30)22-21(18-11-4-5-12-20(18)26)19(13-27)24(28-23(22)29)32-14-16-9-6-8-15-7-2-3-10-17(15)16/h2-12,21-22H,14H2,1H3,(H,28,29)/t21-,22-/m1/s1. The number of nitrogens with zero attached hydrogens (tertiary/aromatic N) is 1. The maximum atomic E-state index is 13.0. The van der Waals surface area contributed by atoms with Gasteiger partial charge in [-0.3, -0.25) is 9.59 Å². The third-order valence-corrected chi connectivity index (χ3v) is 6.89. The number of nitriles is 1. The second-order valence-corrected chi connectivity index (χ2v) is 8.66. The summed E-state index contributed by atoms with van der Waals surface area (Å²) in [6.07, 6.45) is 0. The summed E-state index contributed by atoms with van der Waals surface area (Å²) >= 11 is 7.76. The first-order valence-corrected chi connectivity index (χ1v) is 11.3. The molecule has 0 aromatic heterocycles. The molecule has 32 heavy (non-hydrogen) atoms. The quantitative estimate of drug-likeness (QED) is 0.418. The molecule has 5 nitrogen and oxygen atoms in total. The van der Waals surface area contributed by atoms with Crippen LogP contribution in [0, 0.1) is 17.2 Å². The largest absolute Gasteiger partial charge is 0.468 e. The van der Waals surface area contributed by atoms with E-state index in [-0.39, 0.29) is 0 Å². The second kappa shape index (κ2) is 9.47. The van der Waals surface area contributed by atoms with Crippen molar-refractivity contribution in [2.24, 2.45) is 5.92 Å². The molecule has 0 saturated carbocycles. The van der Waals surface area contributed by atoms with E-state index in [1.807, 2.05) is 42.5 Å². The number of rotatable bonds is 5. The van der Waals surface area contributed by atoms with Gasteiger partial charge in [-0.2, -0.15) is 5.26 Å². The van der Waals surface area contributed by atoms with Crippen LogP contribution in [0.5, 0.6) is 0 Å². The summed E-state index contributed by atoms with van der Waals surface area (Å²) in [7, 11) is 1.22. The van der Waals surface area contributed by atoms with E-state index in [1.165, 1.54) is 18.9 Å². The van der Waals surface area contributed by atoms with Crippen LogP contribution in [-0.2, 0) is 20.1 Å². The number of nitrogens with one attached hydrogen (secondary N) is 1. The fourth-order valence-corrected chi connectivity index (χ4v) is 5.26. The van der Waals surface area contributed by atoms with Crippen molar-refractivity contribution in [2.45, 2.75) is 11.7 Å². The van der Waals surface area contributed by atoms with E-state index in [0.717, 1.165) is 16.3 Å². The zero-order valence-electron chi connectivity index (χ0n) is 17.2. The molecule has 0 saturated heterocycles. The second-order valence-electron chi connectivity index (χ2n) is 7.27. The highest BCUT2D eigenvalue weighted by Gasteiger charge is 2.45. The summed E-state index contributed by atoms with van der Waals surface area (Å²) in [6, 6.07) is 23.2. The number of hydrogen-bond acceptors (Lipinski definition) is 5. The molecule has 4 rings (SSSR count). The van der Waals surface area contributed by atoms with Gasteiger partial charge in [-0.25, -0.2) is 0 Å². The van der Waals surface area contributed by atoms with Crippen molar-refractivity contribution < 1.29 is 14.3 Å². The predicted molar refractivity (Wildman–Crippen MR) is 126 cm³/mol. The van der Waals surface area contributed by atoms with Gasteiger partial charge in [0.25, 0.3) is 0 Å². The first-order chi connectivity index (χ1) is 15.5. The lowest BCUT2D eigenvalue weighted by Crippen LogP contribution is -2.44. The van der Waals surface area contributed by atoms with Gasteiger partial charge < -0.3 is 10.1 Å². The van der Waals surface area contributed by atoms with Crippen LogP contribution in [0.25, 0.3) is 10.8 Å². The van der Waals surface area contributed by atoms with Crippen LogP contribution in [0.2, 0.25) is 5.02 Å². The SMILES string of the molecule is COC(=O)[C@H]1C(=O)NC(SCc2cccc3ccccc23)=C(C#N)[C@H]1c1ccccc1Cl. The van der Waals surface area contributed by atoms with Crippen molar-refractivity contribution in [1.82, 2.24) is 5.32 Å². The normalized spacial score (nSPS) is 18.2. The lowest BCUT2D eigenvalue weighted by Gasteiger charge is -2.31. The Morgan fingerprint density at radius 2 is 1.84 bits per heavy atom. The Morgan fingerprint density at radius 3 is 2.59 bits per heavy atom. The molecule has 2 atom stereocenters. The molecule has 160 valence electrons. The Kier molecular flexibility index (Phi) is 6.50. The van der Waals surface area contributed by atoms with Gasteiger partial charge in [-0.15, -0.1) is 11.8 Å². The summed E-state index contributed by atoms with van der Waals surface area (Å²) in [5, 5.41) is 15.8. The number of benzene rings is 3. The smallest absolute Gasteiger partial charge is 0.319 e. The maximum Gasteiger partial charge on any atom is 0.319 e. The number of esters is 1. The van der Waals surface area contributed by atoms with Crippen molar-refractivity contribution in [3.63, 3.8) is 0 Å². The molecule has 3 aromatic rings. The van der Waals surface area contributed by atoms with Crippen molar-refractivity contribution >= 4 is 46.0 Å². The van der Waals surface area contributed by atoms with Gasteiger partial charge in [-0.1, -0.05) is 72.3 Å². The lowest BCUT2D eigenvalue weighted by atomic mass is 9.78. The topological polar surface area (TPSA) is 79.2 Å². The number of allylic oxidation sites excluding steroid dienone is 1. The first kappa shape index (κ1) is 21.9. The van der Waals surface area contributed by atoms with Gasteiger partial charge in [0.2, 0.25) is 5.91 Å². The summed E-state index contributed by atoms with van der Waals surface area (Å²) in [4.78, 5) is 25.5. The van der Waals surface area contributed by atoms with Crippen LogP contribution < -0.4 is 5.32 Å². The molecule has 1 aliphatic rings. The van der Waals surface area contributed by atoms with Crippen LogP contribution in [0.1, 0.15) is 17.0 Å². The van der Waals surface area contributed by atoms with E-state index in [1.54, 1.807) is 24.3 Å². The van der Waals surface area contributed by atoms with Crippen molar-refractivity contribution in [3.05, 3.63) is 93.5 Å². The zero-order chi connectivity index (χ0) is 22.7. The highest BCUT2D eigenvalue weighted by Crippen LogP contribution is 2.43. The number of halogens is 1. The molecule has 0 aliphatic carbocycles. The van der Waals surface area contributed by atoms with Gasteiger partial charge in [0, 0.05) is 16.7 Å². The highest BCUT2D eigenvalue weighted by atomic mass is 35.5.